The quantitative estimate of drug-likeness (QED) is 0.464. The number of nitrogens with zero attached hydrogens (tertiary/aromatic N) is 2. The lowest BCUT2D eigenvalue weighted by atomic mass is 9.78. The van der Waals surface area contributed by atoms with Crippen molar-refractivity contribution in [2.45, 2.75) is 84.7 Å². The molecule has 2 aromatic rings. The molecule has 0 bridgehead atoms. The molecule has 0 saturated carbocycles. The maximum atomic E-state index is 13.4. The number of amides is 2. The SMILES string of the molecule is CC.CN1C(=O)CC(CCCCc2ccc3c(c2)C(NC(=O)c2ccc4c(c2)CCCO4)C(C)(C)CO3)N=C1N. The third kappa shape index (κ3) is 6.60. The molecule has 0 spiro atoms. The van der Waals surface area contributed by atoms with Crippen molar-refractivity contribution >= 4 is 17.8 Å². The van der Waals surface area contributed by atoms with Crippen LogP contribution in [-0.4, -0.2) is 49.0 Å². The number of nitrogens with two attached hydrogens (primary N) is 1. The summed E-state index contributed by atoms with van der Waals surface area (Å²) < 4.78 is 11.8. The molecule has 0 fully saturated rings. The second-order valence-electron chi connectivity index (χ2n) is 11.4. The number of benzene rings is 2. The molecule has 3 heterocycles. The van der Waals surface area contributed by atoms with Crippen molar-refractivity contribution < 1.29 is 19.1 Å². The van der Waals surface area contributed by atoms with Gasteiger partial charge in [-0.2, -0.15) is 0 Å². The average Bonchev–Trinajstić information content (AvgIpc) is 2.96. The van der Waals surface area contributed by atoms with Gasteiger partial charge in [0.1, 0.15) is 11.5 Å². The number of aliphatic imine (C=N–C) groups is 1. The number of carbonyl (C=O) groups is 2. The monoisotopic (exact) mass is 548 g/mol. The molecule has 0 aromatic heterocycles. The maximum Gasteiger partial charge on any atom is 0.251 e. The molecular formula is C32H44N4O4. The zero-order valence-electron chi connectivity index (χ0n) is 24.6. The van der Waals surface area contributed by atoms with Gasteiger partial charge in [0.25, 0.3) is 5.91 Å². The van der Waals surface area contributed by atoms with Crippen molar-refractivity contribution in [3.8, 4) is 11.5 Å². The molecule has 5 rings (SSSR count). The standard InChI is InChI=1S/C30H38N4O4.C2H6/c1-30(2)18-38-25-12-10-19(7-4-5-9-22-17-26(35)34(3)29(31)32-22)15-23(25)27(30)33-28(36)21-11-13-24-20(16-21)8-6-14-37-24;1-2/h10-13,15-16,22,27H,4-9,14,17-18H2,1-3H3,(H2,31,32)(H,33,36);1-2H3. The minimum atomic E-state index is -0.267. The van der Waals surface area contributed by atoms with Gasteiger partial charge < -0.3 is 20.5 Å². The van der Waals surface area contributed by atoms with Crippen LogP contribution in [0, 0.1) is 5.41 Å². The highest BCUT2D eigenvalue weighted by Crippen LogP contribution is 2.43. The van der Waals surface area contributed by atoms with Crippen LogP contribution in [0.3, 0.4) is 0 Å². The van der Waals surface area contributed by atoms with Crippen molar-refractivity contribution in [3.05, 3.63) is 58.7 Å². The van der Waals surface area contributed by atoms with Gasteiger partial charge >= 0.3 is 0 Å². The summed E-state index contributed by atoms with van der Waals surface area (Å²) in [5, 5.41) is 3.32. The molecule has 216 valence electrons. The summed E-state index contributed by atoms with van der Waals surface area (Å²) in [4.78, 5) is 31.3. The minimum Gasteiger partial charge on any atom is -0.493 e. The van der Waals surface area contributed by atoms with Gasteiger partial charge in [-0.05, 0) is 67.5 Å². The summed E-state index contributed by atoms with van der Waals surface area (Å²) in [6, 6.07) is 11.8. The first-order chi connectivity index (χ1) is 19.2. The van der Waals surface area contributed by atoms with Gasteiger partial charge in [-0.25, -0.2) is 4.99 Å². The van der Waals surface area contributed by atoms with E-state index >= 15 is 0 Å². The number of guanidine groups is 1. The summed E-state index contributed by atoms with van der Waals surface area (Å²) in [6.07, 6.45) is 6.00. The molecule has 3 N–H and O–H groups in total. The first kappa shape index (κ1) is 29.4. The van der Waals surface area contributed by atoms with E-state index in [1.807, 2.05) is 38.1 Å². The third-order valence-electron chi connectivity index (χ3n) is 7.91. The summed E-state index contributed by atoms with van der Waals surface area (Å²) in [7, 11) is 1.66. The number of carbonyl (C=O) groups excluding carboxylic acids is 2. The number of hydrogen-bond donors (Lipinski definition) is 2. The van der Waals surface area contributed by atoms with Crippen LogP contribution in [0.15, 0.2) is 41.4 Å². The van der Waals surface area contributed by atoms with Gasteiger partial charge in [0.05, 0.1) is 25.3 Å². The average molecular weight is 549 g/mol. The van der Waals surface area contributed by atoms with E-state index in [1.54, 1.807) is 7.05 Å². The summed E-state index contributed by atoms with van der Waals surface area (Å²) in [5.41, 5.74) is 9.57. The van der Waals surface area contributed by atoms with Gasteiger partial charge in [-0.1, -0.05) is 46.2 Å². The first-order valence-electron chi connectivity index (χ1n) is 14.6. The number of aryl methyl sites for hydroxylation is 2. The summed E-state index contributed by atoms with van der Waals surface area (Å²) in [5.74, 6) is 1.96. The minimum absolute atomic E-state index is 0.0246. The van der Waals surface area contributed by atoms with Crippen LogP contribution < -0.4 is 20.5 Å². The van der Waals surface area contributed by atoms with Crippen molar-refractivity contribution in [1.82, 2.24) is 10.2 Å². The third-order valence-corrected chi connectivity index (χ3v) is 7.91. The molecule has 3 aliphatic heterocycles. The molecule has 2 aromatic carbocycles. The number of ether oxygens (including phenoxy) is 2. The van der Waals surface area contributed by atoms with Crippen molar-refractivity contribution in [3.63, 3.8) is 0 Å². The Morgan fingerprint density at radius 2 is 1.90 bits per heavy atom. The Morgan fingerprint density at radius 1 is 1.12 bits per heavy atom. The number of rotatable bonds is 7. The number of hydrogen-bond acceptors (Lipinski definition) is 6. The van der Waals surface area contributed by atoms with Crippen LogP contribution in [0.5, 0.6) is 11.5 Å². The van der Waals surface area contributed by atoms with Crippen molar-refractivity contribution in [2.75, 3.05) is 20.3 Å². The van der Waals surface area contributed by atoms with Crippen LogP contribution in [0.2, 0.25) is 0 Å². The normalized spacial score (nSPS) is 21.0. The molecule has 8 nitrogen and oxygen atoms in total. The summed E-state index contributed by atoms with van der Waals surface area (Å²) in [6.45, 7) is 9.52. The highest BCUT2D eigenvalue weighted by molar-refractivity contribution is 5.98. The van der Waals surface area contributed by atoms with E-state index in [0.717, 1.165) is 67.8 Å². The topological polar surface area (TPSA) is 106 Å². The zero-order valence-corrected chi connectivity index (χ0v) is 24.6. The van der Waals surface area contributed by atoms with E-state index in [4.69, 9.17) is 15.2 Å². The van der Waals surface area contributed by atoms with Gasteiger partial charge in [0.2, 0.25) is 5.91 Å². The summed E-state index contributed by atoms with van der Waals surface area (Å²) >= 11 is 0. The fourth-order valence-corrected chi connectivity index (χ4v) is 5.53. The highest BCUT2D eigenvalue weighted by Gasteiger charge is 2.39. The second-order valence-corrected chi connectivity index (χ2v) is 11.4. The Morgan fingerprint density at radius 3 is 2.67 bits per heavy atom. The fourth-order valence-electron chi connectivity index (χ4n) is 5.53. The molecule has 8 heteroatoms. The number of unbranched alkanes of at least 4 members (excludes halogenated alkanes) is 1. The van der Waals surface area contributed by atoms with Crippen LogP contribution in [0.25, 0.3) is 0 Å². The Kier molecular flexibility index (Phi) is 9.38. The van der Waals surface area contributed by atoms with Gasteiger partial charge in [-0.3, -0.25) is 14.5 Å². The predicted molar refractivity (Wildman–Crippen MR) is 158 cm³/mol. The molecule has 0 saturated heterocycles. The van der Waals surface area contributed by atoms with Gasteiger partial charge in [-0.15, -0.1) is 0 Å². The Labute approximate surface area is 238 Å². The molecule has 0 aliphatic carbocycles. The van der Waals surface area contributed by atoms with Gasteiger partial charge in [0.15, 0.2) is 5.96 Å². The molecular weight excluding hydrogens is 504 g/mol. The van der Waals surface area contributed by atoms with Crippen molar-refractivity contribution in [1.29, 1.82) is 0 Å². The molecule has 0 radical (unpaired) electrons. The second kappa shape index (κ2) is 12.7. The number of nitrogens with one attached hydrogen (secondary N) is 1. The van der Waals surface area contributed by atoms with Crippen LogP contribution in [0.1, 0.15) is 92.9 Å². The number of fused-ring (bicyclic) bond motifs is 2. The lowest BCUT2D eigenvalue weighted by molar-refractivity contribution is -0.127. The lowest BCUT2D eigenvalue weighted by Gasteiger charge is -2.40. The van der Waals surface area contributed by atoms with E-state index in [9.17, 15) is 9.59 Å². The Balaban J connectivity index is 0.00000181. The van der Waals surface area contributed by atoms with E-state index < -0.39 is 0 Å². The molecule has 3 aliphatic rings. The van der Waals surface area contributed by atoms with E-state index in [0.29, 0.717) is 24.6 Å². The Hall–Kier alpha value is -3.55. The lowest BCUT2D eigenvalue weighted by Crippen LogP contribution is -2.44. The molecule has 2 amide bonds. The van der Waals surface area contributed by atoms with Gasteiger partial charge in [0, 0.05) is 30.0 Å². The molecule has 40 heavy (non-hydrogen) atoms. The zero-order chi connectivity index (χ0) is 28.9. The largest absolute Gasteiger partial charge is 0.493 e. The highest BCUT2D eigenvalue weighted by atomic mass is 16.5. The van der Waals surface area contributed by atoms with Crippen LogP contribution >= 0.6 is 0 Å². The predicted octanol–water partition coefficient (Wildman–Crippen LogP) is 5.19. The fraction of sp³-hybridized carbons (Fsp3) is 0.531. The molecule has 2 atom stereocenters. The van der Waals surface area contributed by atoms with E-state index in [2.05, 4.69) is 36.3 Å². The Bertz CT molecular complexity index is 1260. The molecule has 2 unspecified atom stereocenters. The van der Waals surface area contributed by atoms with E-state index in [1.165, 1.54) is 10.5 Å². The van der Waals surface area contributed by atoms with Crippen LogP contribution in [-0.2, 0) is 17.6 Å². The van der Waals surface area contributed by atoms with Crippen molar-refractivity contribution in [2.24, 2.45) is 16.1 Å². The van der Waals surface area contributed by atoms with E-state index in [-0.39, 0.29) is 29.3 Å². The first-order valence-corrected chi connectivity index (χ1v) is 14.6. The maximum absolute atomic E-state index is 13.4. The van der Waals surface area contributed by atoms with Crippen LogP contribution in [0.4, 0.5) is 0 Å². The smallest absolute Gasteiger partial charge is 0.251 e.